The SMILES string of the molecule is Cc1cc(CN2CCC[C@@H]2c2noc(C3CC3)n2)no1. The molecule has 1 aliphatic carbocycles. The van der Waals surface area contributed by atoms with E-state index in [9.17, 15) is 0 Å². The highest BCUT2D eigenvalue weighted by atomic mass is 16.5. The van der Waals surface area contributed by atoms with Crippen molar-refractivity contribution in [2.24, 2.45) is 0 Å². The van der Waals surface area contributed by atoms with Gasteiger partial charge in [-0.25, -0.2) is 0 Å². The highest BCUT2D eigenvalue weighted by Crippen LogP contribution is 2.40. The molecule has 0 N–H and O–H groups in total. The molecule has 0 amide bonds. The summed E-state index contributed by atoms with van der Waals surface area (Å²) in [5, 5.41) is 8.25. The predicted molar refractivity (Wildman–Crippen MR) is 69.9 cm³/mol. The first-order chi connectivity index (χ1) is 9.79. The van der Waals surface area contributed by atoms with Crippen molar-refractivity contribution in [3.05, 3.63) is 29.2 Å². The number of likely N-dealkylation sites (tertiary alicyclic amines) is 1. The summed E-state index contributed by atoms with van der Waals surface area (Å²) in [5.74, 6) is 3.03. The van der Waals surface area contributed by atoms with Crippen molar-refractivity contribution in [1.82, 2.24) is 20.2 Å². The number of hydrogen-bond donors (Lipinski definition) is 0. The molecule has 1 aliphatic heterocycles. The van der Waals surface area contributed by atoms with Crippen LogP contribution in [-0.4, -0.2) is 26.7 Å². The molecule has 1 saturated carbocycles. The van der Waals surface area contributed by atoms with Crippen LogP contribution in [0.1, 0.15) is 60.8 Å². The van der Waals surface area contributed by atoms with E-state index in [2.05, 4.69) is 20.2 Å². The lowest BCUT2D eigenvalue weighted by atomic mass is 10.2. The largest absolute Gasteiger partial charge is 0.361 e. The van der Waals surface area contributed by atoms with E-state index >= 15 is 0 Å². The van der Waals surface area contributed by atoms with E-state index in [4.69, 9.17) is 9.05 Å². The summed E-state index contributed by atoms with van der Waals surface area (Å²) in [4.78, 5) is 6.95. The van der Waals surface area contributed by atoms with Crippen LogP contribution in [0.2, 0.25) is 0 Å². The zero-order valence-corrected chi connectivity index (χ0v) is 11.6. The van der Waals surface area contributed by atoms with Gasteiger partial charge in [0, 0.05) is 18.5 Å². The zero-order chi connectivity index (χ0) is 13.5. The lowest BCUT2D eigenvalue weighted by Gasteiger charge is -2.20. The van der Waals surface area contributed by atoms with Crippen LogP contribution >= 0.6 is 0 Å². The lowest BCUT2D eigenvalue weighted by molar-refractivity contribution is 0.227. The van der Waals surface area contributed by atoms with Crippen LogP contribution in [0.3, 0.4) is 0 Å². The third-order valence-corrected chi connectivity index (χ3v) is 4.09. The molecule has 0 radical (unpaired) electrons. The molecule has 2 aromatic heterocycles. The van der Waals surface area contributed by atoms with E-state index in [-0.39, 0.29) is 6.04 Å². The standard InChI is InChI=1S/C14H18N4O2/c1-9-7-11(16-19-9)8-18-6-2-3-12(18)13-15-14(20-17-13)10-4-5-10/h7,10,12H,2-6,8H2,1H3/t12-/m1/s1. The smallest absolute Gasteiger partial charge is 0.229 e. The molecule has 0 bridgehead atoms. The molecule has 2 aliphatic rings. The summed E-state index contributed by atoms with van der Waals surface area (Å²) in [7, 11) is 0. The first kappa shape index (κ1) is 12.1. The van der Waals surface area contributed by atoms with Gasteiger partial charge in [0.2, 0.25) is 5.89 Å². The monoisotopic (exact) mass is 274 g/mol. The summed E-state index contributed by atoms with van der Waals surface area (Å²) in [6.07, 6.45) is 4.62. The van der Waals surface area contributed by atoms with Crippen molar-refractivity contribution in [3.63, 3.8) is 0 Å². The van der Waals surface area contributed by atoms with Gasteiger partial charge in [-0.05, 0) is 39.2 Å². The summed E-state index contributed by atoms with van der Waals surface area (Å²) in [6, 6.07) is 2.24. The molecule has 2 fully saturated rings. The molecule has 4 rings (SSSR count). The molecule has 3 heterocycles. The highest BCUT2D eigenvalue weighted by Gasteiger charge is 2.34. The second-order valence-corrected chi connectivity index (χ2v) is 5.82. The van der Waals surface area contributed by atoms with Crippen molar-refractivity contribution in [1.29, 1.82) is 0 Å². The summed E-state index contributed by atoms with van der Waals surface area (Å²) < 4.78 is 10.5. The van der Waals surface area contributed by atoms with Gasteiger partial charge in [-0.15, -0.1) is 0 Å². The number of aromatic nitrogens is 3. The third-order valence-electron chi connectivity index (χ3n) is 4.09. The molecule has 1 saturated heterocycles. The van der Waals surface area contributed by atoms with E-state index in [1.54, 1.807) is 0 Å². The van der Waals surface area contributed by atoms with Crippen LogP contribution in [0.4, 0.5) is 0 Å². The average Bonchev–Trinajstić information content (AvgIpc) is 2.87. The first-order valence-corrected chi connectivity index (χ1v) is 7.29. The normalized spacial score (nSPS) is 23.6. The number of hydrogen-bond acceptors (Lipinski definition) is 6. The van der Waals surface area contributed by atoms with Crippen molar-refractivity contribution in [2.75, 3.05) is 6.54 Å². The summed E-state index contributed by atoms with van der Waals surface area (Å²) >= 11 is 0. The molecule has 2 aromatic rings. The van der Waals surface area contributed by atoms with Crippen molar-refractivity contribution in [3.8, 4) is 0 Å². The maximum Gasteiger partial charge on any atom is 0.229 e. The molecule has 6 heteroatoms. The Morgan fingerprint density at radius 3 is 2.90 bits per heavy atom. The maximum atomic E-state index is 5.38. The van der Waals surface area contributed by atoms with Crippen LogP contribution in [0, 0.1) is 6.92 Å². The fraction of sp³-hybridized carbons (Fsp3) is 0.643. The van der Waals surface area contributed by atoms with E-state index in [0.717, 1.165) is 49.1 Å². The molecule has 0 spiro atoms. The van der Waals surface area contributed by atoms with Crippen molar-refractivity contribution >= 4 is 0 Å². The van der Waals surface area contributed by atoms with Crippen LogP contribution < -0.4 is 0 Å². The molecule has 106 valence electrons. The Hall–Kier alpha value is -1.69. The zero-order valence-electron chi connectivity index (χ0n) is 11.6. The summed E-state index contributed by atoms with van der Waals surface area (Å²) in [6.45, 7) is 3.75. The fourth-order valence-corrected chi connectivity index (χ4v) is 2.89. The fourth-order valence-electron chi connectivity index (χ4n) is 2.89. The summed E-state index contributed by atoms with van der Waals surface area (Å²) in [5.41, 5.74) is 0.973. The van der Waals surface area contributed by atoms with Gasteiger partial charge in [0.25, 0.3) is 0 Å². The first-order valence-electron chi connectivity index (χ1n) is 7.29. The molecule has 6 nitrogen and oxygen atoms in total. The van der Waals surface area contributed by atoms with E-state index in [0.29, 0.717) is 5.92 Å². The van der Waals surface area contributed by atoms with Gasteiger partial charge in [-0.1, -0.05) is 10.3 Å². The van der Waals surface area contributed by atoms with E-state index in [1.807, 2.05) is 13.0 Å². The minimum Gasteiger partial charge on any atom is -0.361 e. The van der Waals surface area contributed by atoms with Crippen molar-refractivity contribution < 1.29 is 9.05 Å². The van der Waals surface area contributed by atoms with Crippen LogP contribution in [0.25, 0.3) is 0 Å². The quantitative estimate of drug-likeness (QED) is 0.853. The Labute approximate surface area is 117 Å². The van der Waals surface area contributed by atoms with Crippen LogP contribution in [-0.2, 0) is 6.54 Å². The van der Waals surface area contributed by atoms with E-state index in [1.165, 1.54) is 12.8 Å². The molecule has 0 unspecified atom stereocenters. The van der Waals surface area contributed by atoms with Gasteiger partial charge in [-0.3, -0.25) is 4.90 Å². The third kappa shape index (κ3) is 2.24. The second-order valence-electron chi connectivity index (χ2n) is 5.82. The molecular formula is C14H18N4O2. The van der Waals surface area contributed by atoms with Crippen molar-refractivity contribution in [2.45, 2.75) is 51.1 Å². The molecule has 20 heavy (non-hydrogen) atoms. The minimum absolute atomic E-state index is 0.253. The van der Waals surface area contributed by atoms with Gasteiger partial charge in [0.1, 0.15) is 5.76 Å². The number of aryl methyl sites for hydroxylation is 1. The number of rotatable bonds is 4. The topological polar surface area (TPSA) is 68.2 Å². The van der Waals surface area contributed by atoms with Gasteiger partial charge in [0.05, 0.1) is 11.7 Å². The Balaban J connectivity index is 1.50. The maximum absolute atomic E-state index is 5.38. The van der Waals surface area contributed by atoms with E-state index < -0.39 is 0 Å². The molecule has 1 atom stereocenters. The van der Waals surface area contributed by atoms with Crippen LogP contribution in [0.15, 0.2) is 15.1 Å². The van der Waals surface area contributed by atoms with Gasteiger partial charge in [0.15, 0.2) is 5.82 Å². The Morgan fingerprint density at radius 2 is 2.15 bits per heavy atom. The second kappa shape index (κ2) is 4.70. The number of nitrogens with zero attached hydrogens (tertiary/aromatic N) is 4. The lowest BCUT2D eigenvalue weighted by Crippen LogP contribution is -2.23. The molecular weight excluding hydrogens is 256 g/mol. The van der Waals surface area contributed by atoms with Gasteiger partial charge >= 0.3 is 0 Å². The Bertz CT molecular complexity index is 602. The minimum atomic E-state index is 0.253. The Morgan fingerprint density at radius 1 is 1.25 bits per heavy atom. The van der Waals surface area contributed by atoms with Gasteiger partial charge in [-0.2, -0.15) is 4.98 Å². The Kier molecular flexibility index (Phi) is 2.84. The average molecular weight is 274 g/mol. The molecule has 0 aromatic carbocycles. The predicted octanol–water partition coefficient (Wildman–Crippen LogP) is 2.58. The van der Waals surface area contributed by atoms with Gasteiger partial charge < -0.3 is 9.05 Å². The highest BCUT2D eigenvalue weighted by molar-refractivity contribution is 5.08. The van der Waals surface area contributed by atoms with Crippen LogP contribution in [0.5, 0.6) is 0 Å².